The number of benzene rings is 1. The maximum atomic E-state index is 8.90. The Balaban J connectivity index is 2.04. The lowest BCUT2D eigenvalue weighted by molar-refractivity contribution is 0.335. The molecule has 1 aliphatic rings. The number of nitrogens with one attached hydrogen (secondary N) is 1. The monoisotopic (exact) mass is 238 g/mol. The van der Waals surface area contributed by atoms with Gasteiger partial charge in [-0.25, -0.2) is 0 Å². The van der Waals surface area contributed by atoms with Gasteiger partial charge in [0.05, 0.1) is 6.07 Å². The van der Waals surface area contributed by atoms with Crippen LogP contribution in [-0.4, -0.2) is 5.54 Å². The number of nitriles is 1. The predicted octanol–water partition coefficient (Wildman–Crippen LogP) is 3.19. The Labute approximate surface area is 109 Å². The summed E-state index contributed by atoms with van der Waals surface area (Å²) in [6.07, 6.45) is 8.87. The second-order valence-electron chi connectivity index (χ2n) is 4.83. The van der Waals surface area contributed by atoms with Gasteiger partial charge in [-0.15, -0.1) is 0 Å². The molecule has 0 saturated heterocycles. The van der Waals surface area contributed by atoms with Gasteiger partial charge in [0.15, 0.2) is 0 Å². The Kier molecular flexibility index (Phi) is 3.96. The normalized spacial score (nSPS) is 25.9. The fourth-order valence-electron chi connectivity index (χ4n) is 2.23. The highest BCUT2D eigenvalue weighted by Gasteiger charge is 2.30. The van der Waals surface area contributed by atoms with Crippen LogP contribution in [0.25, 0.3) is 0 Å². The minimum atomic E-state index is -0.139. The largest absolute Gasteiger partial charge is 0.303 e. The summed E-state index contributed by atoms with van der Waals surface area (Å²) in [5.74, 6) is 0.233. The molecule has 0 saturated carbocycles. The van der Waals surface area contributed by atoms with Crippen molar-refractivity contribution in [2.45, 2.75) is 25.4 Å². The SMILES string of the molecule is CC1(NCc2ccccc2)C=CC=CC1CC#N. The lowest BCUT2D eigenvalue weighted by Crippen LogP contribution is -2.46. The summed E-state index contributed by atoms with van der Waals surface area (Å²) >= 11 is 0. The van der Waals surface area contributed by atoms with Crippen molar-refractivity contribution >= 4 is 0 Å². The Morgan fingerprint density at radius 3 is 2.78 bits per heavy atom. The Bertz CT molecular complexity index is 482. The zero-order valence-electron chi connectivity index (χ0n) is 10.6. The van der Waals surface area contributed by atoms with Gasteiger partial charge in [-0.1, -0.05) is 54.6 Å². The molecule has 2 heteroatoms. The molecule has 1 aromatic rings. The van der Waals surface area contributed by atoms with Crippen LogP contribution in [0, 0.1) is 17.2 Å². The van der Waals surface area contributed by atoms with Gasteiger partial charge < -0.3 is 5.32 Å². The molecular formula is C16H18N2. The van der Waals surface area contributed by atoms with Gasteiger partial charge in [0, 0.05) is 24.4 Å². The molecule has 0 fully saturated rings. The fraction of sp³-hybridized carbons (Fsp3) is 0.312. The van der Waals surface area contributed by atoms with E-state index >= 15 is 0 Å². The van der Waals surface area contributed by atoms with E-state index in [1.807, 2.05) is 30.4 Å². The zero-order chi connectivity index (χ0) is 12.8. The number of allylic oxidation sites excluding steroid dienone is 2. The van der Waals surface area contributed by atoms with E-state index in [1.165, 1.54) is 5.56 Å². The van der Waals surface area contributed by atoms with Crippen molar-refractivity contribution < 1.29 is 0 Å². The second kappa shape index (κ2) is 5.66. The van der Waals surface area contributed by atoms with E-state index in [0.29, 0.717) is 6.42 Å². The van der Waals surface area contributed by atoms with Crippen LogP contribution in [0.3, 0.4) is 0 Å². The van der Waals surface area contributed by atoms with Gasteiger partial charge in [-0.2, -0.15) is 5.26 Å². The fourth-order valence-corrected chi connectivity index (χ4v) is 2.23. The molecule has 0 amide bonds. The third-order valence-corrected chi connectivity index (χ3v) is 3.49. The summed E-state index contributed by atoms with van der Waals surface area (Å²) in [6.45, 7) is 2.97. The van der Waals surface area contributed by atoms with Gasteiger partial charge in [-0.3, -0.25) is 0 Å². The molecular weight excluding hydrogens is 220 g/mol. The first-order valence-electron chi connectivity index (χ1n) is 6.26. The number of rotatable bonds is 4. The van der Waals surface area contributed by atoms with E-state index < -0.39 is 0 Å². The molecule has 0 radical (unpaired) electrons. The lowest BCUT2D eigenvalue weighted by atomic mass is 9.80. The van der Waals surface area contributed by atoms with Crippen LogP contribution in [0.15, 0.2) is 54.6 Å². The van der Waals surface area contributed by atoms with Crippen LogP contribution in [-0.2, 0) is 6.54 Å². The molecule has 2 unspecified atom stereocenters. The predicted molar refractivity (Wildman–Crippen MR) is 73.7 cm³/mol. The minimum absolute atomic E-state index is 0.139. The molecule has 1 aromatic carbocycles. The number of hydrogen-bond acceptors (Lipinski definition) is 2. The average molecular weight is 238 g/mol. The van der Waals surface area contributed by atoms with Gasteiger partial charge in [-0.05, 0) is 12.5 Å². The van der Waals surface area contributed by atoms with Crippen LogP contribution in [0.2, 0.25) is 0 Å². The zero-order valence-corrected chi connectivity index (χ0v) is 10.6. The van der Waals surface area contributed by atoms with Gasteiger partial charge in [0.2, 0.25) is 0 Å². The van der Waals surface area contributed by atoms with Gasteiger partial charge >= 0.3 is 0 Å². The molecule has 1 aliphatic carbocycles. The number of hydrogen-bond donors (Lipinski definition) is 1. The van der Waals surface area contributed by atoms with E-state index in [1.54, 1.807) is 0 Å². The van der Waals surface area contributed by atoms with E-state index in [-0.39, 0.29) is 11.5 Å². The van der Waals surface area contributed by atoms with Gasteiger partial charge in [0.1, 0.15) is 0 Å². The molecule has 0 aliphatic heterocycles. The molecule has 2 nitrogen and oxygen atoms in total. The van der Waals surface area contributed by atoms with Crippen molar-refractivity contribution in [2.24, 2.45) is 5.92 Å². The third-order valence-electron chi connectivity index (χ3n) is 3.49. The summed E-state index contributed by atoms with van der Waals surface area (Å²) in [6, 6.07) is 12.6. The molecule has 0 bridgehead atoms. The minimum Gasteiger partial charge on any atom is -0.303 e. The van der Waals surface area contributed by atoms with Gasteiger partial charge in [0.25, 0.3) is 0 Å². The number of nitrogens with zero attached hydrogens (tertiary/aromatic N) is 1. The van der Waals surface area contributed by atoms with Crippen molar-refractivity contribution in [2.75, 3.05) is 0 Å². The highest BCUT2D eigenvalue weighted by Crippen LogP contribution is 2.27. The van der Waals surface area contributed by atoms with Crippen LogP contribution in [0.4, 0.5) is 0 Å². The summed E-state index contributed by atoms with van der Waals surface area (Å²) in [5.41, 5.74) is 1.12. The molecule has 18 heavy (non-hydrogen) atoms. The highest BCUT2D eigenvalue weighted by atomic mass is 15.0. The summed E-state index contributed by atoms with van der Waals surface area (Å²) < 4.78 is 0. The van der Waals surface area contributed by atoms with Crippen LogP contribution >= 0.6 is 0 Å². The van der Waals surface area contributed by atoms with Crippen LogP contribution < -0.4 is 5.32 Å². The molecule has 2 rings (SSSR count). The third kappa shape index (κ3) is 2.88. The smallest absolute Gasteiger partial charge is 0.0628 e. The van der Waals surface area contributed by atoms with Crippen LogP contribution in [0.5, 0.6) is 0 Å². The Hall–Kier alpha value is -1.85. The molecule has 0 aromatic heterocycles. The van der Waals surface area contributed by atoms with Crippen LogP contribution in [0.1, 0.15) is 18.9 Å². The van der Waals surface area contributed by atoms with E-state index in [0.717, 1.165) is 6.54 Å². The van der Waals surface area contributed by atoms with Crippen molar-refractivity contribution in [3.63, 3.8) is 0 Å². The molecule has 92 valence electrons. The van der Waals surface area contributed by atoms with Crippen molar-refractivity contribution in [3.8, 4) is 6.07 Å². The standard InChI is InChI=1S/C16H18N2/c1-16(11-6-5-9-15(16)10-12-17)18-13-14-7-3-2-4-8-14/h2-9,11,15,18H,10,13H2,1H3. The van der Waals surface area contributed by atoms with Crippen molar-refractivity contribution in [1.29, 1.82) is 5.26 Å². The first kappa shape index (κ1) is 12.6. The van der Waals surface area contributed by atoms with E-state index in [9.17, 15) is 0 Å². The highest BCUT2D eigenvalue weighted by molar-refractivity contribution is 5.25. The maximum Gasteiger partial charge on any atom is 0.0628 e. The topological polar surface area (TPSA) is 35.8 Å². The Morgan fingerprint density at radius 1 is 1.28 bits per heavy atom. The molecule has 1 N–H and O–H groups in total. The molecule has 2 atom stereocenters. The van der Waals surface area contributed by atoms with Crippen molar-refractivity contribution in [1.82, 2.24) is 5.32 Å². The summed E-state index contributed by atoms with van der Waals surface area (Å²) in [7, 11) is 0. The molecule has 0 spiro atoms. The first-order chi connectivity index (χ1) is 8.74. The average Bonchev–Trinajstić information content (AvgIpc) is 2.41. The molecule has 0 heterocycles. The first-order valence-corrected chi connectivity index (χ1v) is 6.26. The Morgan fingerprint density at radius 2 is 2.06 bits per heavy atom. The quantitative estimate of drug-likeness (QED) is 0.874. The lowest BCUT2D eigenvalue weighted by Gasteiger charge is -2.35. The summed E-state index contributed by atoms with van der Waals surface area (Å²) in [4.78, 5) is 0. The van der Waals surface area contributed by atoms with E-state index in [4.69, 9.17) is 5.26 Å². The van der Waals surface area contributed by atoms with Crippen molar-refractivity contribution in [3.05, 3.63) is 60.2 Å². The van der Waals surface area contributed by atoms with E-state index in [2.05, 4.69) is 42.6 Å². The summed E-state index contributed by atoms with van der Waals surface area (Å²) in [5, 5.41) is 12.5. The maximum absolute atomic E-state index is 8.90. The second-order valence-corrected chi connectivity index (χ2v) is 4.83.